The Bertz CT molecular complexity index is 1080. The molecule has 142 valence electrons. The van der Waals surface area contributed by atoms with Crippen molar-refractivity contribution in [1.82, 2.24) is 9.47 Å². The Labute approximate surface area is 168 Å². The van der Waals surface area contributed by atoms with Gasteiger partial charge in [0.1, 0.15) is 0 Å². The van der Waals surface area contributed by atoms with Crippen molar-refractivity contribution in [2.45, 2.75) is 26.8 Å². The third-order valence-corrected chi connectivity index (χ3v) is 5.97. The van der Waals surface area contributed by atoms with Crippen LogP contribution in [-0.4, -0.2) is 27.2 Å². The van der Waals surface area contributed by atoms with Crippen LogP contribution in [0.2, 0.25) is 0 Å². The highest BCUT2D eigenvalue weighted by molar-refractivity contribution is 8.18. The van der Waals surface area contributed by atoms with Crippen LogP contribution in [0.1, 0.15) is 30.5 Å². The molecule has 1 saturated heterocycles. The third kappa shape index (κ3) is 3.27. The minimum atomic E-state index is -0.201. The summed E-state index contributed by atoms with van der Waals surface area (Å²) in [6, 6.07) is 16.6. The molecule has 0 aliphatic carbocycles. The molecule has 0 N–H and O–H groups in total. The van der Waals surface area contributed by atoms with Crippen molar-refractivity contribution in [1.29, 1.82) is 0 Å². The summed E-state index contributed by atoms with van der Waals surface area (Å²) in [5.74, 6) is -0.201. The van der Waals surface area contributed by atoms with Crippen LogP contribution in [0.4, 0.5) is 4.79 Å². The highest BCUT2D eigenvalue weighted by Gasteiger charge is 2.33. The number of aromatic nitrogens is 1. The Kier molecular flexibility index (Phi) is 5.09. The number of para-hydroxylation sites is 1. The molecule has 2 heterocycles. The molecular formula is C23H22N2O2S. The number of amides is 2. The predicted octanol–water partition coefficient (Wildman–Crippen LogP) is 5.31. The summed E-state index contributed by atoms with van der Waals surface area (Å²) >= 11 is 1.02. The van der Waals surface area contributed by atoms with E-state index >= 15 is 0 Å². The molecule has 0 radical (unpaired) electrons. The van der Waals surface area contributed by atoms with Gasteiger partial charge < -0.3 is 4.57 Å². The van der Waals surface area contributed by atoms with E-state index in [4.69, 9.17) is 0 Å². The van der Waals surface area contributed by atoms with Gasteiger partial charge in [0, 0.05) is 30.2 Å². The number of hydrogen-bond acceptors (Lipinski definition) is 3. The summed E-state index contributed by atoms with van der Waals surface area (Å²) in [5.41, 5.74) is 4.66. The zero-order chi connectivity index (χ0) is 19.7. The van der Waals surface area contributed by atoms with Gasteiger partial charge in [-0.15, -0.1) is 0 Å². The van der Waals surface area contributed by atoms with E-state index in [1.54, 1.807) is 0 Å². The van der Waals surface area contributed by atoms with E-state index in [9.17, 15) is 9.59 Å². The number of benzene rings is 2. The van der Waals surface area contributed by atoms with Crippen molar-refractivity contribution in [3.63, 3.8) is 0 Å². The Hall–Kier alpha value is -2.79. The fraction of sp³-hybridized carbons (Fsp3) is 0.217. The van der Waals surface area contributed by atoms with Crippen molar-refractivity contribution >= 4 is 39.9 Å². The van der Waals surface area contributed by atoms with Crippen molar-refractivity contribution in [3.05, 3.63) is 76.3 Å². The minimum Gasteiger partial charge on any atom is -0.342 e. The largest absolute Gasteiger partial charge is 0.342 e. The van der Waals surface area contributed by atoms with Gasteiger partial charge in [0.05, 0.1) is 10.4 Å². The fourth-order valence-electron chi connectivity index (χ4n) is 3.68. The Morgan fingerprint density at radius 1 is 1.00 bits per heavy atom. The lowest BCUT2D eigenvalue weighted by atomic mass is 10.1. The van der Waals surface area contributed by atoms with Crippen molar-refractivity contribution in [2.75, 3.05) is 6.54 Å². The molecule has 1 fully saturated rings. The SMILES string of the molecule is CCc1cccc2c(/C=C3\SC(=O)N(CC)C3=O)cn(Cc3ccccc3)c12. The normalized spacial score (nSPS) is 15.9. The molecule has 1 aliphatic heterocycles. The number of thioether (sulfide) groups is 1. The highest BCUT2D eigenvalue weighted by atomic mass is 32.2. The molecule has 2 aromatic carbocycles. The number of hydrogen-bond donors (Lipinski definition) is 0. The molecule has 3 aromatic rings. The minimum absolute atomic E-state index is 0.193. The number of imide groups is 1. The number of likely N-dealkylation sites (N-methyl/N-ethyl adjacent to an activating group) is 1. The van der Waals surface area contributed by atoms with Crippen LogP contribution >= 0.6 is 11.8 Å². The Balaban J connectivity index is 1.83. The zero-order valence-electron chi connectivity index (χ0n) is 16.0. The van der Waals surface area contributed by atoms with Crippen molar-refractivity contribution in [2.24, 2.45) is 0 Å². The molecule has 1 aliphatic rings. The van der Waals surface area contributed by atoms with Gasteiger partial charge in [-0.2, -0.15) is 0 Å². The number of fused-ring (bicyclic) bond motifs is 1. The molecule has 0 spiro atoms. The summed E-state index contributed by atoms with van der Waals surface area (Å²) in [6.45, 7) is 5.13. The molecular weight excluding hydrogens is 368 g/mol. The maximum absolute atomic E-state index is 12.5. The van der Waals surface area contributed by atoms with E-state index in [0.29, 0.717) is 11.4 Å². The summed E-state index contributed by atoms with van der Waals surface area (Å²) in [4.78, 5) is 26.3. The molecule has 1 aromatic heterocycles. The molecule has 0 unspecified atom stereocenters. The molecule has 4 rings (SSSR count). The average Bonchev–Trinajstić information content (AvgIpc) is 3.19. The van der Waals surface area contributed by atoms with Gasteiger partial charge in [0.2, 0.25) is 0 Å². The first-order valence-corrected chi connectivity index (χ1v) is 10.3. The maximum Gasteiger partial charge on any atom is 0.293 e. The lowest BCUT2D eigenvalue weighted by Gasteiger charge is -2.08. The average molecular weight is 391 g/mol. The number of aryl methyl sites for hydroxylation is 1. The van der Waals surface area contributed by atoms with Gasteiger partial charge in [0.15, 0.2) is 0 Å². The highest BCUT2D eigenvalue weighted by Crippen LogP contribution is 2.34. The van der Waals surface area contributed by atoms with Gasteiger partial charge in [-0.25, -0.2) is 0 Å². The fourth-order valence-corrected chi connectivity index (χ4v) is 4.58. The second-order valence-electron chi connectivity index (χ2n) is 6.79. The van der Waals surface area contributed by atoms with E-state index in [1.165, 1.54) is 21.5 Å². The lowest BCUT2D eigenvalue weighted by Crippen LogP contribution is -2.27. The lowest BCUT2D eigenvalue weighted by molar-refractivity contribution is -0.122. The summed E-state index contributed by atoms with van der Waals surface area (Å²) < 4.78 is 2.25. The molecule has 0 bridgehead atoms. The van der Waals surface area contributed by atoms with Crippen LogP contribution in [0.3, 0.4) is 0 Å². The molecule has 0 saturated carbocycles. The topological polar surface area (TPSA) is 42.3 Å². The van der Waals surface area contributed by atoms with E-state index in [1.807, 2.05) is 31.2 Å². The van der Waals surface area contributed by atoms with E-state index in [-0.39, 0.29) is 11.1 Å². The first kappa shape index (κ1) is 18.6. The van der Waals surface area contributed by atoms with Crippen LogP contribution in [0.15, 0.2) is 59.6 Å². The molecule has 4 nitrogen and oxygen atoms in total. The van der Waals surface area contributed by atoms with Crippen LogP contribution in [0.25, 0.3) is 17.0 Å². The van der Waals surface area contributed by atoms with Crippen LogP contribution in [0.5, 0.6) is 0 Å². The Morgan fingerprint density at radius 2 is 1.79 bits per heavy atom. The quantitative estimate of drug-likeness (QED) is 0.555. The van der Waals surface area contributed by atoms with Crippen LogP contribution in [-0.2, 0) is 17.8 Å². The molecule has 28 heavy (non-hydrogen) atoms. The number of rotatable bonds is 5. The van der Waals surface area contributed by atoms with Crippen molar-refractivity contribution < 1.29 is 9.59 Å². The summed E-state index contributed by atoms with van der Waals surface area (Å²) in [6.07, 6.45) is 4.89. The van der Waals surface area contributed by atoms with E-state index < -0.39 is 0 Å². The second-order valence-corrected chi connectivity index (χ2v) is 7.78. The van der Waals surface area contributed by atoms with Gasteiger partial charge in [-0.3, -0.25) is 14.5 Å². The monoisotopic (exact) mass is 390 g/mol. The molecule has 2 amide bonds. The summed E-state index contributed by atoms with van der Waals surface area (Å²) in [5, 5.41) is 0.916. The van der Waals surface area contributed by atoms with Gasteiger partial charge in [-0.05, 0) is 42.3 Å². The number of carbonyl (C=O) groups excluding carboxylic acids is 2. The third-order valence-electron chi connectivity index (χ3n) is 5.07. The number of carbonyl (C=O) groups is 2. The van der Waals surface area contributed by atoms with Gasteiger partial charge in [0.25, 0.3) is 11.1 Å². The molecule has 0 atom stereocenters. The standard InChI is InChI=1S/C23H22N2O2S/c1-3-17-11-8-12-19-18(13-20-22(26)25(4-2)23(27)28-20)15-24(21(17)19)14-16-9-6-5-7-10-16/h5-13,15H,3-4,14H2,1-2H3/b20-13-. The first-order chi connectivity index (χ1) is 13.6. The van der Waals surface area contributed by atoms with Crippen LogP contribution in [0, 0.1) is 0 Å². The first-order valence-electron chi connectivity index (χ1n) is 9.52. The maximum atomic E-state index is 12.5. The van der Waals surface area contributed by atoms with E-state index in [0.717, 1.165) is 35.7 Å². The van der Waals surface area contributed by atoms with Gasteiger partial charge >= 0.3 is 0 Å². The molecule has 5 heteroatoms. The van der Waals surface area contributed by atoms with Crippen molar-refractivity contribution in [3.8, 4) is 0 Å². The summed E-state index contributed by atoms with van der Waals surface area (Å²) in [7, 11) is 0. The second kappa shape index (κ2) is 7.68. The Morgan fingerprint density at radius 3 is 2.46 bits per heavy atom. The van der Waals surface area contributed by atoms with Gasteiger partial charge in [-0.1, -0.05) is 55.5 Å². The predicted molar refractivity (Wildman–Crippen MR) is 115 cm³/mol. The zero-order valence-corrected chi connectivity index (χ0v) is 16.8. The number of nitrogens with zero attached hydrogens (tertiary/aromatic N) is 2. The van der Waals surface area contributed by atoms with E-state index in [2.05, 4.69) is 48.0 Å². The smallest absolute Gasteiger partial charge is 0.293 e. The van der Waals surface area contributed by atoms with Crippen LogP contribution < -0.4 is 0 Å².